The number of aryl methyl sites for hydroxylation is 1. The Balaban J connectivity index is 2.28. The van der Waals surface area contributed by atoms with Crippen molar-refractivity contribution in [2.45, 2.75) is 22.7 Å². The van der Waals surface area contributed by atoms with Gasteiger partial charge in [-0.25, -0.2) is 8.78 Å². The highest BCUT2D eigenvalue weighted by Crippen LogP contribution is 2.34. The van der Waals surface area contributed by atoms with Gasteiger partial charge in [0.2, 0.25) is 0 Å². The van der Waals surface area contributed by atoms with Gasteiger partial charge in [-0.15, -0.1) is 10.2 Å². The molecule has 1 aromatic carbocycles. The first-order valence-electron chi connectivity index (χ1n) is 5.20. The molecule has 0 aliphatic carbocycles. The molecule has 0 spiro atoms. The molecule has 0 atom stereocenters. The number of hydrogen-bond donors (Lipinski definition) is 1. The molecule has 0 fully saturated rings. The van der Waals surface area contributed by atoms with Crippen molar-refractivity contribution in [2.24, 2.45) is 0 Å². The Labute approximate surface area is 112 Å². The summed E-state index contributed by atoms with van der Waals surface area (Å²) >= 11 is 2.27. The molecule has 96 valence electrons. The Bertz CT molecular complexity index is 534. The number of halogens is 2. The Morgan fingerprint density at radius 1 is 1.28 bits per heavy atom. The minimum Gasteiger partial charge on any atom is -0.316 e. The fourth-order valence-electron chi connectivity index (χ4n) is 1.42. The Hall–Kier alpha value is -1.05. The van der Waals surface area contributed by atoms with E-state index in [1.807, 2.05) is 0 Å². The van der Waals surface area contributed by atoms with Crippen molar-refractivity contribution in [3.05, 3.63) is 34.3 Å². The van der Waals surface area contributed by atoms with Gasteiger partial charge in [-0.3, -0.25) is 0 Å². The third kappa shape index (κ3) is 3.04. The average molecular weight is 287 g/mol. The molecule has 0 saturated heterocycles. The first-order chi connectivity index (χ1) is 8.60. The molecule has 1 aromatic heterocycles. The van der Waals surface area contributed by atoms with Gasteiger partial charge in [0.1, 0.15) is 16.6 Å². The molecule has 0 unspecified atom stereocenters. The van der Waals surface area contributed by atoms with Gasteiger partial charge in [0.25, 0.3) is 0 Å². The van der Waals surface area contributed by atoms with E-state index in [1.165, 1.54) is 23.5 Å². The highest BCUT2D eigenvalue weighted by atomic mass is 32.2. The fourth-order valence-corrected chi connectivity index (χ4v) is 3.19. The van der Waals surface area contributed by atoms with Crippen LogP contribution < -0.4 is 5.32 Å². The van der Waals surface area contributed by atoms with Crippen LogP contribution in [0.15, 0.2) is 21.4 Å². The van der Waals surface area contributed by atoms with Crippen LogP contribution >= 0.6 is 23.1 Å². The van der Waals surface area contributed by atoms with E-state index in [0.717, 1.165) is 16.8 Å². The molecule has 0 amide bonds. The summed E-state index contributed by atoms with van der Waals surface area (Å²) in [4.78, 5) is -0.0361. The van der Waals surface area contributed by atoms with Crippen LogP contribution in [0.3, 0.4) is 0 Å². The van der Waals surface area contributed by atoms with Crippen LogP contribution in [0.4, 0.5) is 8.78 Å². The van der Waals surface area contributed by atoms with Crippen molar-refractivity contribution in [2.75, 3.05) is 7.05 Å². The molecule has 0 saturated carbocycles. The van der Waals surface area contributed by atoms with Crippen LogP contribution in [0.5, 0.6) is 0 Å². The van der Waals surface area contributed by atoms with Crippen LogP contribution in [-0.2, 0) is 6.54 Å². The number of rotatable bonds is 4. The highest BCUT2D eigenvalue weighted by Gasteiger charge is 2.14. The maximum Gasteiger partial charge on any atom is 0.179 e. The standard InChI is InChI=1S/C11H11F2N3S2/c1-6-15-16-11(17-6)18-10-8(12)3-7(5-14-2)4-9(10)13/h3-4,14H,5H2,1-2H3. The topological polar surface area (TPSA) is 37.8 Å². The maximum atomic E-state index is 13.8. The highest BCUT2D eigenvalue weighted by molar-refractivity contribution is 8.01. The summed E-state index contributed by atoms with van der Waals surface area (Å²) in [5, 5.41) is 11.3. The summed E-state index contributed by atoms with van der Waals surface area (Å²) in [5.74, 6) is -1.14. The van der Waals surface area contributed by atoms with Crippen LogP contribution in [0.1, 0.15) is 10.6 Å². The normalized spacial score (nSPS) is 10.9. The summed E-state index contributed by atoms with van der Waals surface area (Å²) in [6.45, 7) is 2.22. The van der Waals surface area contributed by atoms with E-state index in [4.69, 9.17) is 0 Å². The molecule has 2 aromatic rings. The zero-order chi connectivity index (χ0) is 13.1. The lowest BCUT2D eigenvalue weighted by Gasteiger charge is -2.06. The molecule has 0 bridgehead atoms. The Morgan fingerprint density at radius 2 is 1.94 bits per heavy atom. The van der Waals surface area contributed by atoms with Gasteiger partial charge in [0.05, 0.1) is 4.90 Å². The van der Waals surface area contributed by atoms with Crippen LogP contribution in [0.2, 0.25) is 0 Å². The summed E-state index contributed by atoms with van der Waals surface area (Å²) in [6.07, 6.45) is 0. The van der Waals surface area contributed by atoms with E-state index >= 15 is 0 Å². The van der Waals surface area contributed by atoms with Crippen molar-refractivity contribution >= 4 is 23.1 Å². The zero-order valence-corrected chi connectivity index (χ0v) is 11.5. The first-order valence-corrected chi connectivity index (χ1v) is 6.84. The number of benzene rings is 1. The lowest BCUT2D eigenvalue weighted by atomic mass is 10.2. The maximum absolute atomic E-state index is 13.8. The lowest BCUT2D eigenvalue weighted by Crippen LogP contribution is -2.06. The third-order valence-electron chi connectivity index (χ3n) is 2.14. The van der Waals surface area contributed by atoms with Gasteiger partial charge in [0, 0.05) is 6.54 Å². The van der Waals surface area contributed by atoms with Gasteiger partial charge < -0.3 is 5.32 Å². The third-order valence-corrected chi connectivity index (χ3v) is 4.12. The number of nitrogens with one attached hydrogen (secondary N) is 1. The van der Waals surface area contributed by atoms with Crippen molar-refractivity contribution in [1.29, 1.82) is 0 Å². The second-order valence-corrected chi connectivity index (χ2v) is 6.05. The Morgan fingerprint density at radius 3 is 2.44 bits per heavy atom. The monoisotopic (exact) mass is 287 g/mol. The second kappa shape index (κ2) is 5.73. The molecular weight excluding hydrogens is 276 g/mol. The molecular formula is C11H11F2N3S2. The predicted molar refractivity (Wildman–Crippen MR) is 67.9 cm³/mol. The van der Waals surface area contributed by atoms with E-state index in [9.17, 15) is 8.78 Å². The summed E-state index contributed by atoms with van der Waals surface area (Å²) < 4.78 is 28.1. The SMILES string of the molecule is CNCc1cc(F)c(Sc2nnc(C)s2)c(F)c1. The Kier molecular flexibility index (Phi) is 4.26. The van der Waals surface area contributed by atoms with E-state index in [1.54, 1.807) is 14.0 Å². The summed E-state index contributed by atoms with van der Waals surface area (Å²) in [6, 6.07) is 2.66. The molecule has 1 N–H and O–H groups in total. The van der Waals surface area contributed by atoms with Crippen molar-refractivity contribution < 1.29 is 8.78 Å². The number of aromatic nitrogens is 2. The minimum absolute atomic E-state index is 0.0361. The van der Waals surface area contributed by atoms with E-state index in [2.05, 4.69) is 15.5 Å². The van der Waals surface area contributed by atoms with E-state index < -0.39 is 11.6 Å². The van der Waals surface area contributed by atoms with Crippen molar-refractivity contribution in [3.63, 3.8) is 0 Å². The molecule has 2 rings (SSSR count). The predicted octanol–water partition coefficient (Wildman–Crippen LogP) is 3.00. The molecule has 0 radical (unpaired) electrons. The van der Waals surface area contributed by atoms with Gasteiger partial charge in [0.15, 0.2) is 4.34 Å². The molecule has 3 nitrogen and oxygen atoms in total. The molecule has 0 aliphatic rings. The van der Waals surface area contributed by atoms with E-state index in [-0.39, 0.29) is 4.90 Å². The fraction of sp³-hybridized carbons (Fsp3) is 0.273. The lowest BCUT2D eigenvalue weighted by molar-refractivity contribution is 0.536. The summed E-state index contributed by atoms with van der Waals surface area (Å²) in [7, 11) is 1.72. The largest absolute Gasteiger partial charge is 0.316 e. The molecule has 0 aliphatic heterocycles. The van der Waals surface area contributed by atoms with E-state index in [0.29, 0.717) is 16.4 Å². The average Bonchev–Trinajstić information content (AvgIpc) is 2.70. The second-order valence-electron chi connectivity index (χ2n) is 3.61. The number of hydrogen-bond acceptors (Lipinski definition) is 5. The van der Waals surface area contributed by atoms with Crippen molar-refractivity contribution in [3.8, 4) is 0 Å². The van der Waals surface area contributed by atoms with Gasteiger partial charge in [-0.2, -0.15) is 0 Å². The minimum atomic E-state index is -0.571. The molecule has 18 heavy (non-hydrogen) atoms. The molecule has 1 heterocycles. The van der Waals surface area contributed by atoms with Crippen LogP contribution in [0, 0.1) is 18.6 Å². The van der Waals surface area contributed by atoms with Gasteiger partial charge >= 0.3 is 0 Å². The summed E-state index contributed by atoms with van der Waals surface area (Å²) in [5.41, 5.74) is 0.574. The van der Waals surface area contributed by atoms with Gasteiger partial charge in [-0.1, -0.05) is 23.1 Å². The van der Waals surface area contributed by atoms with Crippen molar-refractivity contribution in [1.82, 2.24) is 15.5 Å². The zero-order valence-electron chi connectivity index (χ0n) is 9.83. The quantitative estimate of drug-likeness (QED) is 0.938. The van der Waals surface area contributed by atoms with Crippen LogP contribution in [-0.4, -0.2) is 17.2 Å². The van der Waals surface area contributed by atoms with Crippen LogP contribution in [0.25, 0.3) is 0 Å². The van der Waals surface area contributed by atoms with Gasteiger partial charge in [-0.05, 0) is 31.7 Å². The molecule has 7 heteroatoms. The smallest absolute Gasteiger partial charge is 0.179 e. The number of nitrogens with zero attached hydrogens (tertiary/aromatic N) is 2. The first kappa shape index (κ1) is 13.4.